The molecule has 0 amide bonds. The summed E-state index contributed by atoms with van der Waals surface area (Å²) in [6.45, 7) is 0. The molecule has 154 valence electrons. The van der Waals surface area contributed by atoms with Gasteiger partial charge in [-0.2, -0.15) is 0 Å². The Morgan fingerprint density at radius 1 is 0.897 bits per heavy atom. The Bertz CT molecular complexity index is 1060. The van der Waals surface area contributed by atoms with Crippen LogP contribution in [0.25, 0.3) is 0 Å². The Labute approximate surface area is 166 Å². The minimum Gasteiger partial charge on any atom is -0.478 e. The van der Waals surface area contributed by atoms with E-state index < -0.39 is 80.6 Å². The lowest BCUT2D eigenvalue weighted by molar-refractivity contribution is -0.385. The van der Waals surface area contributed by atoms with E-state index in [-0.39, 0.29) is 7.43 Å². The van der Waals surface area contributed by atoms with Gasteiger partial charge in [-0.15, -0.1) is 0 Å². The molecule has 0 unspecified atom stereocenters. The van der Waals surface area contributed by atoms with E-state index in [2.05, 4.69) is 0 Å². The molecule has 2 aromatic carbocycles. The number of nitro benzene ring substituents is 1. The molecular formula is C17H16N2O10. The Balaban J connectivity index is 0.000000584. The van der Waals surface area contributed by atoms with Gasteiger partial charge in [0.2, 0.25) is 0 Å². The van der Waals surface area contributed by atoms with Gasteiger partial charge in [-0.25, -0.2) is 19.2 Å². The smallest absolute Gasteiger partial charge is 0.343 e. The zero-order valence-electron chi connectivity index (χ0n) is 16.5. The van der Waals surface area contributed by atoms with Crippen LogP contribution in [0.2, 0.25) is 0 Å². The van der Waals surface area contributed by atoms with Crippen molar-refractivity contribution in [1.82, 2.24) is 0 Å². The predicted molar refractivity (Wildman–Crippen MR) is 98.5 cm³/mol. The number of nitrogens with zero attached hydrogens (tertiary/aromatic N) is 1. The maximum Gasteiger partial charge on any atom is 0.343 e. The molecule has 0 aliphatic carbocycles. The molecule has 2 rings (SSSR count). The SMILES string of the molecule is C.O=C(O)c1cccc([N+](=O)[O-])c1C(=O)O.[2H]c1c([2H])c(N)c(C(=O)O)c(C(=O)O)c1[2H]. The number of carboxylic acids is 4. The lowest BCUT2D eigenvalue weighted by Gasteiger charge is -2.03. The summed E-state index contributed by atoms with van der Waals surface area (Å²) in [5, 5.41) is 45.3. The van der Waals surface area contributed by atoms with Crippen molar-refractivity contribution in [3.05, 3.63) is 68.7 Å². The van der Waals surface area contributed by atoms with Crippen LogP contribution in [0.5, 0.6) is 0 Å². The molecule has 0 fully saturated rings. The van der Waals surface area contributed by atoms with E-state index in [0.717, 1.165) is 18.2 Å². The minimum atomic E-state index is -1.66. The van der Waals surface area contributed by atoms with Gasteiger partial charge in [0.25, 0.3) is 5.69 Å². The van der Waals surface area contributed by atoms with Crippen LogP contribution < -0.4 is 5.73 Å². The highest BCUT2D eigenvalue weighted by molar-refractivity contribution is 6.05. The molecule has 6 N–H and O–H groups in total. The molecule has 0 radical (unpaired) electrons. The molecule has 0 saturated heterocycles. The highest BCUT2D eigenvalue weighted by Gasteiger charge is 2.26. The first-order valence-corrected chi connectivity index (χ1v) is 6.83. The van der Waals surface area contributed by atoms with Crippen LogP contribution in [-0.2, 0) is 0 Å². The van der Waals surface area contributed by atoms with E-state index in [4.69, 9.17) is 30.3 Å². The fourth-order valence-electron chi connectivity index (χ4n) is 1.90. The van der Waals surface area contributed by atoms with Crippen LogP contribution in [0.4, 0.5) is 11.4 Å². The number of carboxylic acid groups (broad SMARTS) is 4. The normalized spacial score (nSPS) is 10.7. The van der Waals surface area contributed by atoms with Crippen molar-refractivity contribution in [2.45, 2.75) is 7.43 Å². The molecule has 0 aromatic heterocycles. The maximum atomic E-state index is 10.8. The van der Waals surface area contributed by atoms with Crippen LogP contribution in [0, 0.1) is 10.1 Å². The van der Waals surface area contributed by atoms with Gasteiger partial charge in [0.05, 0.1) is 25.7 Å². The van der Waals surface area contributed by atoms with Crippen molar-refractivity contribution in [3.63, 3.8) is 0 Å². The number of nitrogen functional groups attached to an aromatic ring is 1. The highest BCUT2D eigenvalue weighted by atomic mass is 16.6. The van der Waals surface area contributed by atoms with Crippen molar-refractivity contribution in [3.8, 4) is 0 Å². The van der Waals surface area contributed by atoms with Gasteiger partial charge in [-0.3, -0.25) is 10.1 Å². The summed E-state index contributed by atoms with van der Waals surface area (Å²) in [4.78, 5) is 52.4. The fourth-order valence-corrected chi connectivity index (χ4v) is 1.90. The summed E-state index contributed by atoms with van der Waals surface area (Å²) < 4.78 is 21.8. The standard InChI is InChI=1S/C8H5NO6.C8H7NO4.CH4/c10-7(11)4-2-1-3-5(9(14)15)6(4)8(12)13;9-5-3-1-2-4(7(10)11)6(5)8(12)13;/h1-3H,(H,10,11)(H,12,13);1-3H,9H2,(H,10,11)(H,12,13);1H4/i;1D,2D,3D;. The van der Waals surface area contributed by atoms with Crippen molar-refractivity contribution in [2.75, 3.05) is 5.73 Å². The Morgan fingerprint density at radius 3 is 1.83 bits per heavy atom. The van der Waals surface area contributed by atoms with Crippen molar-refractivity contribution in [2.24, 2.45) is 0 Å². The molecule has 0 bridgehead atoms. The molecule has 12 heteroatoms. The first-order chi connectivity index (χ1) is 14.2. The topological polar surface area (TPSA) is 218 Å². The first kappa shape index (κ1) is 19.3. The van der Waals surface area contributed by atoms with Gasteiger partial charge in [0, 0.05) is 11.8 Å². The lowest BCUT2D eigenvalue weighted by Crippen LogP contribution is -2.10. The second-order valence-electron chi connectivity index (χ2n) is 4.72. The second kappa shape index (κ2) is 10.0. The van der Waals surface area contributed by atoms with Gasteiger partial charge in [-0.1, -0.05) is 19.5 Å². The van der Waals surface area contributed by atoms with Crippen molar-refractivity contribution < 1.29 is 48.6 Å². The quantitative estimate of drug-likeness (QED) is 0.273. The summed E-state index contributed by atoms with van der Waals surface area (Å²) >= 11 is 0. The summed E-state index contributed by atoms with van der Waals surface area (Å²) in [6.07, 6.45) is 0. The molecule has 0 aliphatic heterocycles. The number of nitrogens with two attached hydrogens (primary N) is 1. The molecule has 0 atom stereocenters. The third kappa shape index (κ3) is 5.75. The molecule has 2 aromatic rings. The van der Waals surface area contributed by atoms with Gasteiger partial charge >= 0.3 is 23.9 Å². The summed E-state index contributed by atoms with van der Waals surface area (Å²) in [7, 11) is 0. The third-order valence-electron chi connectivity index (χ3n) is 3.02. The monoisotopic (exact) mass is 411 g/mol. The number of aromatic carboxylic acids is 4. The average molecular weight is 411 g/mol. The summed E-state index contributed by atoms with van der Waals surface area (Å²) in [6, 6.07) is 0.860. The Hall–Kier alpha value is -4.48. The Kier molecular flexibility index (Phi) is 6.66. The van der Waals surface area contributed by atoms with Crippen molar-refractivity contribution >= 4 is 35.3 Å². The fraction of sp³-hybridized carbons (Fsp3) is 0.0588. The number of hydrogen-bond acceptors (Lipinski definition) is 7. The van der Waals surface area contributed by atoms with Gasteiger partial charge in [0.15, 0.2) is 5.56 Å². The lowest BCUT2D eigenvalue weighted by atomic mass is 10.1. The van der Waals surface area contributed by atoms with Crippen LogP contribution in [0.15, 0.2) is 36.3 Å². The summed E-state index contributed by atoms with van der Waals surface area (Å²) in [5.74, 6) is -6.46. The average Bonchev–Trinajstić information content (AvgIpc) is 2.67. The van der Waals surface area contributed by atoms with Crippen LogP contribution in [0.3, 0.4) is 0 Å². The molecule has 0 aliphatic rings. The number of carbonyl (C=O) groups is 4. The first-order valence-electron chi connectivity index (χ1n) is 8.33. The van der Waals surface area contributed by atoms with Crippen LogP contribution >= 0.6 is 0 Å². The van der Waals surface area contributed by atoms with Crippen LogP contribution in [-0.4, -0.2) is 49.2 Å². The minimum absolute atomic E-state index is 0. The van der Waals surface area contributed by atoms with Gasteiger partial charge in [-0.05, 0) is 18.2 Å². The highest BCUT2D eigenvalue weighted by Crippen LogP contribution is 2.22. The number of anilines is 1. The van der Waals surface area contributed by atoms with Gasteiger partial charge in [0.1, 0.15) is 0 Å². The van der Waals surface area contributed by atoms with Gasteiger partial charge < -0.3 is 26.2 Å². The zero-order chi connectivity index (χ0) is 24.2. The molecule has 0 heterocycles. The van der Waals surface area contributed by atoms with E-state index >= 15 is 0 Å². The van der Waals surface area contributed by atoms with E-state index in [9.17, 15) is 29.3 Å². The number of benzene rings is 2. The predicted octanol–water partition coefficient (Wildman–Crippen LogP) is 2.29. The van der Waals surface area contributed by atoms with E-state index in [1.807, 2.05) is 0 Å². The van der Waals surface area contributed by atoms with Crippen molar-refractivity contribution in [1.29, 1.82) is 0 Å². The molecule has 0 spiro atoms. The van der Waals surface area contributed by atoms with Crippen LogP contribution in [0.1, 0.15) is 53.0 Å². The third-order valence-corrected chi connectivity index (χ3v) is 3.02. The molecule has 0 saturated carbocycles. The second-order valence-corrected chi connectivity index (χ2v) is 4.72. The summed E-state index contributed by atoms with van der Waals surface area (Å²) in [5.41, 5.74) is 0.803. The number of rotatable bonds is 5. The largest absolute Gasteiger partial charge is 0.478 e. The number of hydrogen-bond donors (Lipinski definition) is 5. The van der Waals surface area contributed by atoms with E-state index in [1.165, 1.54) is 0 Å². The molecule has 29 heavy (non-hydrogen) atoms. The molecule has 12 nitrogen and oxygen atoms in total. The maximum absolute atomic E-state index is 10.8. The zero-order valence-corrected chi connectivity index (χ0v) is 13.5. The van der Waals surface area contributed by atoms with E-state index in [1.54, 1.807) is 0 Å². The van der Waals surface area contributed by atoms with E-state index in [0.29, 0.717) is 0 Å². The Morgan fingerprint density at radius 2 is 1.41 bits per heavy atom. The molecular weight excluding hydrogens is 392 g/mol. The number of nitro groups is 1.